The van der Waals surface area contributed by atoms with E-state index in [-0.39, 0.29) is 5.92 Å². The largest absolute Gasteiger partial charge is 0.480 e. The number of carboxylic acids is 1. The number of rotatable bonds is 16. The standard InChI is InChI=1S/C20H39N5O5S/c1-5-12(2)16(25-17(26)14(22)8-6-7-10-21)19(28)24-15(9-11-31-4)18(27)23-13(3)20(29)30/h12-16H,5-11,21-22H2,1-4H3,(H,23,27)(H,24,28)(H,25,26)(H,29,30)/t12-,13-,14-,15-,16-/m0/s1. The van der Waals surface area contributed by atoms with E-state index in [0.717, 1.165) is 6.42 Å². The summed E-state index contributed by atoms with van der Waals surface area (Å²) < 4.78 is 0. The van der Waals surface area contributed by atoms with Crippen molar-refractivity contribution in [1.29, 1.82) is 0 Å². The number of nitrogens with two attached hydrogens (primary N) is 2. The Hall–Kier alpha value is -1.85. The molecule has 11 heteroatoms. The molecule has 0 aliphatic rings. The fourth-order valence-corrected chi connectivity index (χ4v) is 3.22. The fraction of sp³-hybridized carbons (Fsp3) is 0.800. The molecule has 0 aliphatic carbocycles. The Balaban J connectivity index is 5.26. The van der Waals surface area contributed by atoms with Gasteiger partial charge in [0.2, 0.25) is 17.7 Å². The van der Waals surface area contributed by atoms with Crippen molar-refractivity contribution >= 4 is 35.5 Å². The lowest BCUT2D eigenvalue weighted by atomic mass is 9.97. The van der Waals surface area contributed by atoms with E-state index in [1.165, 1.54) is 18.7 Å². The first kappa shape index (κ1) is 29.1. The van der Waals surface area contributed by atoms with Gasteiger partial charge in [0, 0.05) is 0 Å². The molecule has 8 N–H and O–H groups in total. The molecule has 0 heterocycles. The third-order valence-corrected chi connectivity index (χ3v) is 5.72. The lowest BCUT2D eigenvalue weighted by Crippen LogP contribution is -2.58. The minimum atomic E-state index is -1.17. The summed E-state index contributed by atoms with van der Waals surface area (Å²) in [5, 5.41) is 16.8. The monoisotopic (exact) mass is 461 g/mol. The van der Waals surface area contributed by atoms with Crippen LogP contribution >= 0.6 is 11.8 Å². The van der Waals surface area contributed by atoms with Crippen LogP contribution in [0.15, 0.2) is 0 Å². The topological polar surface area (TPSA) is 177 Å². The number of unbranched alkanes of at least 4 members (excludes halogenated alkanes) is 1. The van der Waals surface area contributed by atoms with Crippen molar-refractivity contribution in [3.05, 3.63) is 0 Å². The van der Waals surface area contributed by atoms with Gasteiger partial charge in [-0.2, -0.15) is 11.8 Å². The number of carboxylic acid groups (broad SMARTS) is 1. The number of aliphatic carboxylic acids is 1. The minimum absolute atomic E-state index is 0.192. The fourth-order valence-electron chi connectivity index (χ4n) is 2.74. The van der Waals surface area contributed by atoms with Crippen LogP contribution < -0.4 is 27.4 Å². The number of thioether (sulfide) groups is 1. The maximum atomic E-state index is 13.0. The zero-order valence-corrected chi connectivity index (χ0v) is 19.8. The Bertz CT molecular complexity index is 592. The van der Waals surface area contributed by atoms with E-state index in [1.54, 1.807) is 0 Å². The highest BCUT2D eigenvalue weighted by atomic mass is 32.2. The van der Waals surface area contributed by atoms with Gasteiger partial charge in [0.15, 0.2) is 0 Å². The summed E-state index contributed by atoms with van der Waals surface area (Å²) >= 11 is 1.50. The Kier molecular flexibility index (Phi) is 14.9. The molecule has 31 heavy (non-hydrogen) atoms. The number of nitrogens with one attached hydrogen (secondary N) is 3. The average molecular weight is 462 g/mol. The maximum Gasteiger partial charge on any atom is 0.325 e. The first-order chi connectivity index (χ1) is 14.6. The minimum Gasteiger partial charge on any atom is -0.480 e. The first-order valence-electron chi connectivity index (χ1n) is 10.7. The summed E-state index contributed by atoms with van der Waals surface area (Å²) in [5.41, 5.74) is 11.4. The van der Waals surface area contributed by atoms with E-state index in [1.807, 2.05) is 20.1 Å². The van der Waals surface area contributed by atoms with Crippen LogP contribution in [-0.2, 0) is 19.2 Å². The molecule has 0 radical (unpaired) electrons. The second kappa shape index (κ2) is 15.9. The molecule has 3 amide bonds. The second-order valence-corrected chi connectivity index (χ2v) is 8.66. The van der Waals surface area contributed by atoms with Crippen LogP contribution in [0, 0.1) is 5.92 Å². The molecule has 0 saturated carbocycles. The summed E-state index contributed by atoms with van der Waals surface area (Å²) in [7, 11) is 0. The van der Waals surface area contributed by atoms with Crippen molar-refractivity contribution in [2.75, 3.05) is 18.6 Å². The normalized spacial score (nSPS) is 15.8. The van der Waals surface area contributed by atoms with Gasteiger partial charge in [-0.25, -0.2) is 0 Å². The van der Waals surface area contributed by atoms with Crippen molar-refractivity contribution in [1.82, 2.24) is 16.0 Å². The third-order valence-electron chi connectivity index (χ3n) is 5.07. The van der Waals surface area contributed by atoms with Crippen LogP contribution in [0.3, 0.4) is 0 Å². The van der Waals surface area contributed by atoms with Gasteiger partial charge in [0.1, 0.15) is 18.1 Å². The zero-order valence-electron chi connectivity index (χ0n) is 19.0. The van der Waals surface area contributed by atoms with Gasteiger partial charge in [0.05, 0.1) is 6.04 Å². The van der Waals surface area contributed by atoms with Crippen LogP contribution in [0.2, 0.25) is 0 Å². The molecule has 0 fully saturated rings. The molecule has 0 bridgehead atoms. The first-order valence-corrected chi connectivity index (χ1v) is 12.1. The smallest absolute Gasteiger partial charge is 0.325 e. The van der Waals surface area contributed by atoms with E-state index < -0.39 is 47.9 Å². The van der Waals surface area contributed by atoms with Crippen molar-refractivity contribution < 1.29 is 24.3 Å². The highest BCUT2D eigenvalue weighted by molar-refractivity contribution is 7.98. The quantitative estimate of drug-likeness (QED) is 0.171. The molecule has 0 saturated heterocycles. The van der Waals surface area contributed by atoms with E-state index in [2.05, 4.69) is 16.0 Å². The zero-order chi connectivity index (χ0) is 24.0. The molecule has 5 atom stereocenters. The lowest BCUT2D eigenvalue weighted by Gasteiger charge is -2.27. The van der Waals surface area contributed by atoms with Gasteiger partial charge in [-0.15, -0.1) is 0 Å². The van der Waals surface area contributed by atoms with Crippen molar-refractivity contribution in [3.8, 4) is 0 Å². The average Bonchev–Trinajstić information content (AvgIpc) is 2.73. The highest BCUT2D eigenvalue weighted by Crippen LogP contribution is 2.11. The molecule has 0 unspecified atom stereocenters. The molecule has 0 aromatic carbocycles. The number of hydrogen-bond donors (Lipinski definition) is 6. The van der Waals surface area contributed by atoms with Crippen LogP contribution in [-0.4, -0.2) is 71.5 Å². The Morgan fingerprint density at radius 3 is 2.13 bits per heavy atom. The molecule has 0 aliphatic heterocycles. The Morgan fingerprint density at radius 2 is 1.61 bits per heavy atom. The summed E-state index contributed by atoms with van der Waals surface area (Å²) in [4.78, 5) is 49.0. The molecule has 0 spiro atoms. The SMILES string of the molecule is CC[C@H](C)[C@H](NC(=O)[C@@H](N)CCCCN)C(=O)N[C@@H](CCSC)C(=O)N[C@@H](C)C(=O)O. The molecular weight excluding hydrogens is 422 g/mol. The van der Waals surface area contributed by atoms with Gasteiger partial charge in [-0.3, -0.25) is 19.2 Å². The van der Waals surface area contributed by atoms with Crippen LogP contribution in [0.4, 0.5) is 0 Å². The van der Waals surface area contributed by atoms with Crippen LogP contribution in [0.5, 0.6) is 0 Å². The molecule has 0 aromatic rings. The summed E-state index contributed by atoms with van der Waals surface area (Å²) in [6, 6.07) is -3.61. The number of carbonyl (C=O) groups excluding carboxylic acids is 3. The van der Waals surface area contributed by atoms with Crippen molar-refractivity contribution in [2.45, 2.75) is 77.0 Å². The third kappa shape index (κ3) is 11.4. The lowest BCUT2D eigenvalue weighted by molar-refractivity contribution is -0.141. The molecule has 180 valence electrons. The van der Waals surface area contributed by atoms with Gasteiger partial charge < -0.3 is 32.5 Å². The summed E-state index contributed by atoms with van der Waals surface area (Å²) in [6.45, 7) is 5.59. The molecule has 10 nitrogen and oxygen atoms in total. The van der Waals surface area contributed by atoms with E-state index in [0.29, 0.717) is 38.0 Å². The summed E-state index contributed by atoms with van der Waals surface area (Å²) in [5.74, 6) is -2.28. The predicted octanol–water partition coefficient (Wildman–Crippen LogP) is -0.199. The maximum absolute atomic E-state index is 13.0. The number of carbonyl (C=O) groups is 4. The molecular formula is C20H39N5O5S. The number of hydrogen-bond acceptors (Lipinski definition) is 7. The van der Waals surface area contributed by atoms with Gasteiger partial charge in [-0.1, -0.05) is 26.7 Å². The molecule has 0 aromatic heterocycles. The predicted molar refractivity (Wildman–Crippen MR) is 122 cm³/mol. The van der Waals surface area contributed by atoms with Crippen molar-refractivity contribution in [2.24, 2.45) is 17.4 Å². The summed E-state index contributed by atoms with van der Waals surface area (Å²) in [6.07, 6.45) is 4.75. The van der Waals surface area contributed by atoms with E-state index in [4.69, 9.17) is 16.6 Å². The Morgan fingerprint density at radius 1 is 0.968 bits per heavy atom. The van der Waals surface area contributed by atoms with Crippen LogP contribution in [0.25, 0.3) is 0 Å². The van der Waals surface area contributed by atoms with Crippen LogP contribution in [0.1, 0.15) is 52.9 Å². The van der Waals surface area contributed by atoms with Gasteiger partial charge in [-0.05, 0) is 50.7 Å². The second-order valence-electron chi connectivity index (χ2n) is 7.67. The van der Waals surface area contributed by atoms with E-state index >= 15 is 0 Å². The van der Waals surface area contributed by atoms with Crippen molar-refractivity contribution in [3.63, 3.8) is 0 Å². The number of amides is 3. The highest BCUT2D eigenvalue weighted by Gasteiger charge is 2.31. The van der Waals surface area contributed by atoms with Gasteiger partial charge >= 0.3 is 5.97 Å². The van der Waals surface area contributed by atoms with Gasteiger partial charge in [0.25, 0.3) is 0 Å². The molecule has 0 rings (SSSR count). The Labute approximate surface area is 189 Å². The van der Waals surface area contributed by atoms with E-state index in [9.17, 15) is 19.2 Å².